The van der Waals surface area contributed by atoms with Gasteiger partial charge in [0.05, 0.1) is 6.54 Å². The van der Waals surface area contributed by atoms with Crippen molar-refractivity contribution in [1.82, 2.24) is 14.8 Å². The number of carbonyl (C=O) groups is 3. The summed E-state index contributed by atoms with van der Waals surface area (Å²) in [6, 6.07) is 14.0. The van der Waals surface area contributed by atoms with Gasteiger partial charge >= 0.3 is 6.03 Å². The van der Waals surface area contributed by atoms with Gasteiger partial charge in [-0.25, -0.2) is 4.79 Å². The zero-order chi connectivity index (χ0) is 24.9. The molecule has 1 fully saturated rings. The van der Waals surface area contributed by atoms with Crippen LogP contribution in [-0.2, 0) is 10.3 Å². The van der Waals surface area contributed by atoms with Crippen molar-refractivity contribution < 1.29 is 23.9 Å². The van der Waals surface area contributed by atoms with Crippen molar-refractivity contribution in [1.29, 1.82) is 0 Å². The highest BCUT2D eigenvalue weighted by Gasteiger charge is 2.50. The van der Waals surface area contributed by atoms with Crippen molar-refractivity contribution in [2.75, 3.05) is 19.8 Å². The molecule has 2 aliphatic rings. The number of ketones is 1. The minimum Gasteiger partial charge on any atom is -0.486 e. The summed E-state index contributed by atoms with van der Waals surface area (Å²) >= 11 is 3.45. The van der Waals surface area contributed by atoms with E-state index in [1.165, 1.54) is 0 Å². The number of amides is 3. The average molecular weight is 538 g/mol. The molecule has 180 valence electrons. The number of nitrogens with one attached hydrogen (secondary N) is 1. The predicted octanol–water partition coefficient (Wildman–Crippen LogP) is 4.28. The Labute approximate surface area is 210 Å². The Bertz CT molecular complexity index is 1380. The fraction of sp³-hybridized carbons (Fsp3) is 0.269. The maximum absolute atomic E-state index is 13.3. The number of ether oxygens (including phenoxy) is 2. The number of benzene rings is 2. The molecule has 1 saturated heterocycles. The Balaban J connectivity index is 1.42. The van der Waals surface area contributed by atoms with E-state index in [0.717, 1.165) is 16.3 Å². The molecule has 3 heterocycles. The molecule has 1 aromatic heterocycles. The summed E-state index contributed by atoms with van der Waals surface area (Å²) < 4.78 is 13.9. The number of rotatable bonds is 5. The largest absolute Gasteiger partial charge is 0.486 e. The first-order chi connectivity index (χ1) is 16.7. The van der Waals surface area contributed by atoms with E-state index in [9.17, 15) is 14.4 Å². The van der Waals surface area contributed by atoms with Crippen LogP contribution in [0.15, 0.2) is 53.0 Å². The summed E-state index contributed by atoms with van der Waals surface area (Å²) in [6.07, 6.45) is 0. The molecule has 3 aromatic rings. The first-order valence-corrected chi connectivity index (χ1v) is 12.0. The summed E-state index contributed by atoms with van der Waals surface area (Å²) in [6.45, 7) is 6.03. The van der Waals surface area contributed by atoms with E-state index in [1.54, 1.807) is 31.2 Å². The van der Waals surface area contributed by atoms with Crippen molar-refractivity contribution in [2.24, 2.45) is 0 Å². The van der Waals surface area contributed by atoms with Crippen LogP contribution in [0.3, 0.4) is 0 Å². The molecule has 0 spiro atoms. The lowest BCUT2D eigenvalue weighted by atomic mass is 9.92. The Kier molecular flexibility index (Phi) is 5.67. The van der Waals surface area contributed by atoms with Crippen molar-refractivity contribution >= 4 is 33.7 Å². The molecule has 1 atom stereocenters. The Hall–Kier alpha value is -3.59. The van der Waals surface area contributed by atoms with Gasteiger partial charge in [0.25, 0.3) is 5.91 Å². The van der Waals surface area contributed by atoms with Gasteiger partial charge in [-0.2, -0.15) is 0 Å². The number of aromatic nitrogens is 1. The van der Waals surface area contributed by atoms with Crippen molar-refractivity contribution in [3.05, 3.63) is 75.5 Å². The second-order valence-electron chi connectivity index (χ2n) is 8.80. The van der Waals surface area contributed by atoms with E-state index < -0.39 is 17.5 Å². The number of hydrogen-bond acceptors (Lipinski definition) is 5. The van der Waals surface area contributed by atoms with Crippen LogP contribution in [0.5, 0.6) is 11.5 Å². The van der Waals surface area contributed by atoms with E-state index in [4.69, 9.17) is 9.47 Å². The summed E-state index contributed by atoms with van der Waals surface area (Å²) in [7, 11) is 0. The second kappa shape index (κ2) is 8.57. The van der Waals surface area contributed by atoms with Gasteiger partial charge in [-0.1, -0.05) is 34.1 Å². The van der Waals surface area contributed by atoms with Crippen LogP contribution in [0.4, 0.5) is 4.79 Å². The number of hydrogen-bond donors (Lipinski definition) is 1. The molecule has 3 amide bonds. The molecule has 0 radical (unpaired) electrons. The third-order valence-electron chi connectivity index (χ3n) is 6.50. The standard InChI is InChI=1S/C26H24BrN3O5/c1-15-12-18(16(2)30(15)17-8-9-22-23(13-17)35-11-10-34-22)21(31)14-29-24(32)26(3,28-25(29)33)19-6-4-5-7-20(19)27/h4-9,12-13H,10-11,14H2,1-3H3,(H,28,33)/t26-/m1/s1. The Morgan fingerprint density at radius 1 is 1.06 bits per heavy atom. The van der Waals surface area contributed by atoms with E-state index >= 15 is 0 Å². The maximum Gasteiger partial charge on any atom is 0.325 e. The van der Waals surface area contributed by atoms with Crippen molar-refractivity contribution in [3.8, 4) is 17.2 Å². The molecule has 0 unspecified atom stereocenters. The molecule has 35 heavy (non-hydrogen) atoms. The van der Waals surface area contributed by atoms with Crippen LogP contribution in [-0.4, -0.2) is 46.9 Å². The molecular formula is C26H24BrN3O5. The molecule has 0 saturated carbocycles. The lowest BCUT2D eigenvalue weighted by Crippen LogP contribution is -2.41. The molecule has 5 rings (SSSR count). The SMILES string of the molecule is Cc1cc(C(=O)CN2C(=O)N[C@](C)(c3ccccc3Br)C2=O)c(C)n1-c1ccc2c(c1)OCCO2. The van der Waals surface area contributed by atoms with Gasteiger partial charge in [0.15, 0.2) is 17.3 Å². The highest BCUT2D eigenvalue weighted by molar-refractivity contribution is 9.10. The monoisotopic (exact) mass is 537 g/mol. The number of nitrogens with zero attached hydrogens (tertiary/aromatic N) is 2. The Morgan fingerprint density at radius 3 is 2.51 bits per heavy atom. The van der Waals surface area contributed by atoms with Crippen LogP contribution in [0, 0.1) is 13.8 Å². The first kappa shape index (κ1) is 23.2. The van der Waals surface area contributed by atoms with Gasteiger partial charge in [0.1, 0.15) is 18.8 Å². The molecular weight excluding hydrogens is 514 g/mol. The van der Waals surface area contributed by atoms with Crippen LogP contribution in [0.25, 0.3) is 5.69 Å². The fourth-order valence-electron chi connectivity index (χ4n) is 4.73. The zero-order valence-electron chi connectivity index (χ0n) is 19.6. The lowest BCUT2D eigenvalue weighted by Gasteiger charge is -2.23. The number of imide groups is 1. The number of urea groups is 1. The summed E-state index contributed by atoms with van der Waals surface area (Å²) in [4.78, 5) is 40.4. The van der Waals surface area contributed by atoms with Crippen LogP contribution >= 0.6 is 15.9 Å². The van der Waals surface area contributed by atoms with Crippen molar-refractivity contribution in [2.45, 2.75) is 26.3 Å². The molecule has 1 N–H and O–H groups in total. The van der Waals surface area contributed by atoms with Gasteiger partial charge in [-0.3, -0.25) is 14.5 Å². The summed E-state index contributed by atoms with van der Waals surface area (Å²) in [5.41, 5.74) is 2.21. The highest BCUT2D eigenvalue weighted by Crippen LogP contribution is 2.35. The van der Waals surface area contributed by atoms with E-state index in [-0.39, 0.29) is 12.3 Å². The summed E-state index contributed by atoms with van der Waals surface area (Å²) in [5.74, 6) is 0.551. The Morgan fingerprint density at radius 2 is 1.77 bits per heavy atom. The molecule has 0 aliphatic carbocycles. The third-order valence-corrected chi connectivity index (χ3v) is 7.20. The number of aryl methyl sites for hydroxylation is 1. The average Bonchev–Trinajstić information content (AvgIpc) is 3.26. The zero-order valence-corrected chi connectivity index (χ0v) is 21.1. The number of fused-ring (bicyclic) bond motifs is 1. The van der Waals surface area contributed by atoms with Crippen LogP contribution in [0.1, 0.15) is 34.2 Å². The van der Waals surface area contributed by atoms with Crippen molar-refractivity contribution in [3.63, 3.8) is 0 Å². The van der Waals surface area contributed by atoms with E-state index in [0.29, 0.717) is 46.0 Å². The van der Waals surface area contributed by atoms with Gasteiger partial charge in [-0.05, 0) is 45.0 Å². The number of halogens is 1. The molecule has 9 heteroatoms. The first-order valence-electron chi connectivity index (χ1n) is 11.2. The minimum atomic E-state index is -1.26. The molecule has 8 nitrogen and oxygen atoms in total. The normalized spacial score (nSPS) is 19.1. The van der Waals surface area contributed by atoms with Crippen LogP contribution < -0.4 is 14.8 Å². The maximum atomic E-state index is 13.3. The fourth-order valence-corrected chi connectivity index (χ4v) is 5.41. The topological polar surface area (TPSA) is 89.9 Å². The predicted molar refractivity (Wildman–Crippen MR) is 132 cm³/mol. The molecule has 2 aromatic carbocycles. The summed E-state index contributed by atoms with van der Waals surface area (Å²) in [5, 5.41) is 2.75. The molecule has 0 bridgehead atoms. The number of Topliss-reactive ketones (excluding diaryl/α,β-unsaturated/α-hetero) is 1. The second-order valence-corrected chi connectivity index (χ2v) is 9.65. The lowest BCUT2D eigenvalue weighted by molar-refractivity contribution is -0.130. The van der Waals surface area contributed by atoms with Gasteiger partial charge in [0.2, 0.25) is 0 Å². The smallest absolute Gasteiger partial charge is 0.325 e. The van der Waals surface area contributed by atoms with Crippen LogP contribution in [0.2, 0.25) is 0 Å². The quantitative estimate of drug-likeness (QED) is 0.387. The van der Waals surface area contributed by atoms with E-state index in [1.807, 2.05) is 42.7 Å². The van der Waals surface area contributed by atoms with E-state index in [2.05, 4.69) is 21.2 Å². The van der Waals surface area contributed by atoms with Gasteiger partial charge in [-0.15, -0.1) is 0 Å². The third kappa shape index (κ3) is 3.80. The minimum absolute atomic E-state index is 0.318. The highest BCUT2D eigenvalue weighted by atomic mass is 79.9. The van der Waals surface area contributed by atoms with Gasteiger partial charge in [0, 0.05) is 38.7 Å². The van der Waals surface area contributed by atoms with Gasteiger partial charge < -0.3 is 19.4 Å². The number of carbonyl (C=O) groups excluding carboxylic acids is 3. The molecule has 2 aliphatic heterocycles.